The van der Waals surface area contributed by atoms with Gasteiger partial charge in [0.05, 0.1) is 5.71 Å². The summed E-state index contributed by atoms with van der Waals surface area (Å²) in [6.07, 6.45) is 2.15. The number of H-pyrrole nitrogens is 1. The van der Waals surface area contributed by atoms with E-state index < -0.39 is 0 Å². The van der Waals surface area contributed by atoms with Crippen molar-refractivity contribution in [2.45, 2.75) is 19.3 Å². The first-order chi connectivity index (χ1) is 15.1. The number of pyridine rings is 1. The number of aromatic amines is 1. The maximum atomic E-state index is 11.8. The molecule has 0 spiro atoms. The van der Waals surface area contributed by atoms with E-state index in [9.17, 15) is 10.0 Å². The average molecular weight is 414 g/mol. The second-order valence-corrected chi connectivity index (χ2v) is 7.38. The van der Waals surface area contributed by atoms with Crippen LogP contribution in [-0.2, 0) is 7.05 Å². The monoisotopic (exact) mass is 414 g/mol. The molecule has 0 bridgehead atoms. The van der Waals surface area contributed by atoms with Crippen molar-refractivity contribution in [3.8, 4) is 11.4 Å². The molecule has 0 unspecified atom stereocenters. The van der Waals surface area contributed by atoms with Crippen molar-refractivity contribution >= 4 is 5.71 Å². The molecule has 2 N–H and O–H groups in total. The van der Waals surface area contributed by atoms with Gasteiger partial charge in [0.2, 0.25) is 11.4 Å². The highest BCUT2D eigenvalue weighted by molar-refractivity contribution is 6.00. The van der Waals surface area contributed by atoms with Crippen LogP contribution < -0.4 is 5.56 Å². The summed E-state index contributed by atoms with van der Waals surface area (Å²) in [5, 5.41) is 27.5. The highest BCUT2D eigenvalue weighted by atomic mass is 16.4. The molecule has 2 heterocycles. The smallest absolute Gasteiger partial charge is 0.250 e. The zero-order chi connectivity index (χ0) is 21.8. The highest BCUT2D eigenvalue weighted by Crippen LogP contribution is 2.32. The van der Waals surface area contributed by atoms with Crippen LogP contribution in [0.1, 0.15) is 34.6 Å². The van der Waals surface area contributed by atoms with Crippen molar-refractivity contribution < 1.29 is 5.21 Å². The molecule has 0 aliphatic heterocycles. The van der Waals surface area contributed by atoms with E-state index in [0.29, 0.717) is 23.5 Å². The number of benzene rings is 2. The zero-order valence-electron chi connectivity index (χ0n) is 17.2. The molecule has 4 rings (SSSR count). The van der Waals surface area contributed by atoms with Crippen molar-refractivity contribution in [3.63, 3.8) is 0 Å². The van der Waals surface area contributed by atoms with Crippen LogP contribution in [0, 0.1) is 6.92 Å². The molecule has 4 aromatic rings. The van der Waals surface area contributed by atoms with Crippen LogP contribution >= 0.6 is 0 Å². The lowest BCUT2D eigenvalue weighted by molar-refractivity contribution is 0.317. The van der Waals surface area contributed by atoms with Crippen LogP contribution in [0.25, 0.3) is 11.4 Å². The lowest BCUT2D eigenvalue weighted by Crippen LogP contribution is -2.18. The molecule has 0 aliphatic rings. The fourth-order valence-corrected chi connectivity index (χ4v) is 3.71. The van der Waals surface area contributed by atoms with Crippen molar-refractivity contribution in [1.82, 2.24) is 25.2 Å². The second kappa shape index (κ2) is 8.74. The Morgan fingerprint density at radius 2 is 1.90 bits per heavy atom. The van der Waals surface area contributed by atoms with E-state index in [1.54, 1.807) is 19.3 Å². The molecule has 2 aromatic carbocycles. The van der Waals surface area contributed by atoms with Gasteiger partial charge in [-0.15, -0.1) is 10.2 Å². The first-order valence-corrected chi connectivity index (χ1v) is 9.84. The third kappa shape index (κ3) is 4.28. The van der Waals surface area contributed by atoms with Crippen LogP contribution in [0.3, 0.4) is 0 Å². The van der Waals surface area contributed by atoms with Crippen molar-refractivity contribution in [2.75, 3.05) is 0 Å². The Bertz CT molecular complexity index is 1260. The fraction of sp³-hybridized carbons (Fsp3) is 0.174. The summed E-state index contributed by atoms with van der Waals surface area (Å²) in [6, 6.07) is 19.3. The van der Waals surface area contributed by atoms with Gasteiger partial charge in [0.15, 0.2) is 0 Å². The van der Waals surface area contributed by atoms with Gasteiger partial charge in [0, 0.05) is 42.8 Å². The van der Waals surface area contributed by atoms with Gasteiger partial charge >= 0.3 is 0 Å². The number of nitrogens with one attached hydrogen (secondary N) is 1. The molecular formula is C23H22N6O2. The van der Waals surface area contributed by atoms with Crippen LogP contribution in [0.5, 0.6) is 0 Å². The molecule has 0 fully saturated rings. The molecule has 0 saturated heterocycles. The minimum absolute atomic E-state index is 0.0522. The third-order valence-corrected chi connectivity index (χ3v) is 5.42. The van der Waals surface area contributed by atoms with E-state index in [2.05, 4.69) is 44.8 Å². The Balaban J connectivity index is 1.73. The number of aromatic nitrogens is 5. The van der Waals surface area contributed by atoms with Crippen LogP contribution in [-0.4, -0.2) is 36.1 Å². The summed E-state index contributed by atoms with van der Waals surface area (Å²) in [4.78, 5) is 11.8. The number of aryl methyl sites for hydroxylation is 2. The lowest BCUT2D eigenvalue weighted by Gasteiger charge is -2.21. The van der Waals surface area contributed by atoms with Crippen molar-refractivity contribution in [2.24, 2.45) is 12.2 Å². The number of oxime groups is 1. The third-order valence-electron chi connectivity index (χ3n) is 5.42. The normalized spacial score (nSPS) is 12.6. The topological polar surface area (TPSA) is 109 Å². The first kappa shape index (κ1) is 20.2. The Kier molecular flexibility index (Phi) is 5.70. The van der Waals surface area contributed by atoms with Gasteiger partial charge in [-0.25, -0.2) is 0 Å². The summed E-state index contributed by atoms with van der Waals surface area (Å²) in [6.45, 7) is 2.07. The van der Waals surface area contributed by atoms with E-state index in [1.165, 1.54) is 10.6 Å². The van der Waals surface area contributed by atoms with Gasteiger partial charge in [0.25, 0.3) is 0 Å². The molecule has 0 aliphatic carbocycles. The van der Waals surface area contributed by atoms with E-state index in [-0.39, 0.29) is 11.5 Å². The van der Waals surface area contributed by atoms with Gasteiger partial charge in [-0.2, -0.15) is 5.21 Å². The maximum Gasteiger partial charge on any atom is 0.250 e. The number of nitrogens with zero attached hydrogens (tertiary/aromatic N) is 5. The second-order valence-electron chi connectivity index (χ2n) is 7.38. The summed E-state index contributed by atoms with van der Waals surface area (Å²) in [7, 11) is 1.68. The molecule has 8 heteroatoms. The maximum absolute atomic E-state index is 11.8. The Labute approximate surface area is 178 Å². The first-order valence-electron chi connectivity index (χ1n) is 9.84. The number of rotatable bonds is 6. The number of tetrazole rings is 1. The number of hydrogen-bond donors (Lipinski definition) is 2. The fourth-order valence-electron chi connectivity index (χ4n) is 3.71. The lowest BCUT2D eigenvalue weighted by atomic mass is 9.83. The molecule has 0 amide bonds. The van der Waals surface area contributed by atoms with E-state index in [4.69, 9.17) is 0 Å². The van der Waals surface area contributed by atoms with Crippen LogP contribution in [0.4, 0.5) is 0 Å². The average Bonchev–Trinajstić information content (AvgIpc) is 3.33. The zero-order valence-corrected chi connectivity index (χ0v) is 17.2. The largest absolute Gasteiger partial charge is 0.411 e. The Morgan fingerprint density at radius 1 is 1.13 bits per heavy atom. The van der Waals surface area contributed by atoms with E-state index in [1.807, 2.05) is 36.4 Å². The van der Waals surface area contributed by atoms with E-state index in [0.717, 1.165) is 22.3 Å². The predicted molar refractivity (Wildman–Crippen MR) is 117 cm³/mol. The minimum atomic E-state index is -0.117. The predicted octanol–water partition coefficient (Wildman–Crippen LogP) is 3.27. The molecule has 8 nitrogen and oxygen atoms in total. The quantitative estimate of drug-likeness (QED) is 0.286. The van der Waals surface area contributed by atoms with Crippen molar-refractivity contribution in [3.05, 3.63) is 99.5 Å². The minimum Gasteiger partial charge on any atom is -0.411 e. The molecule has 31 heavy (non-hydrogen) atoms. The summed E-state index contributed by atoms with van der Waals surface area (Å²) < 4.78 is 1.48. The highest BCUT2D eigenvalue weighted by Gasteiger charge is 2.21. The summed E-state index contributed by atoms with van der Waals surface area (Å²) in [5.74, 6) is 0.477. The van der Waals surface area contributed by atoms with Crippen LogP contribution in [0.2, 0.25) is 0 Å². The SMILES string of the molecule is Cc1ccccc1[C@H](C/C(=N\O)c1ccc(=O)n(C)c1)c1ccc(-c2nn[nH]n2)cc1. The Hall–Kier alpha value is -4.07. The van der Waals surface area contributed by atoms with Gasteiger partial charge in [-0.1, -0.05) is 53.7 Å². The molecule has 0 radical (unpaired) electrons. The molecule has 156 valence electrons. The van der Waals surface area contributed by atoms with Crippen LogP contribution in [0.15, 0.2) is 76.8 Å². The molecule has 0 saturated carbocycles. The number of hydrogen-bond acceptors (Lipinski definition) is 6. The molecule has 2 aromatic heterocycles. The van der Waals surface area contributed by atoms with Crippen molar-refractivity contribution in [1.29, 1.82) is 0 Å². The Morgan fingerprint density at radius 3 is 2.55 bits per heavy atom. The molecular weight excluding hydrogens is 392 g/mol. The van der Waals surface area contributed by atoms with Gasteiger partial charge < -0.3 is 9.77 Å². The standard InChI is InChI=1S/C23H22N6O2/c1-15-5-3-4-6-19(15)20(13-21(26-31)18-11-12-22(30)29(2)14-18)16-7-9-17(10-8-16)23-24-27-28-25-23/h3-12,14,20,31H,13H2,1-2H3,(H,24,25,27,28)/b26-21+/t20-/m1/s1. The van der Waals surface area contributed by atoms with Gasteiger partial charge in [0.1, 0.15) is 0 Å². The summed E-state index contributed by atoms with van der Waals surface area (Å²) in [5.41, 5.74) is 5.29. The molecule has 1 atom stereocenters. The van der Waals surface area contributed by atoms with Gasteiger partial charge in [-0.05, 0) is 34.9 Å². The van der Waals surface area contributed by atoms with E-state index >= 15 is 0 Å². The summed E-state index contributed by atoms with van der Waals surface area (Å²) >= 11 is 0. The van der Waals surface area contributed by atoms with Gasteiger partial charge in [-0.3, -0.25) is 4.79 Å².